The Bertz CT molecular complexity index is 46.9. The van der Waals surface area contributed by atoms with Crippen LogP contribution < -0.4 is 0 Å². The Balaban J connectivity index is -0.00000000381. The molecule has 0 aliphatic rings. The molecular weight excluding hydrogens is 297 g/mol. The summed E-state index contributed by atoms with van der Waals surface area (Å²) < 4.78 is 0. The second-order valence-electron chi connectivity index (χ2n) is 0.600. The van der Waals surface area contributed by atoms with Gasteiger partial charge in [-0.2, -0.15) is 0 Å². The van der Waals surface area contributed by atoms with Gasteiger partial charge in [0.2, 0.25) is 0 Å². The molecule has 0 aromatic carbocycles. The fourth-order valence-electron chi connectivity index (χ4n) is 0. The molecule has 0 heterocycles. The fraction of sp³-hybridized carbons (Fsp3) is 0. The third-order valence-electron chi connectivity index (χ3n) is 0. The van der Waals surface area contributed by atoms with Gasteiger partial charge in [-0.15, -0.1) is 0 Å². The van der Waals surface area contributed by atoms with Gasteiger partial charge in [-0.1, -0.05) is 0 Å². The van der Waals surface area contributed by atoms with Crippen molar-refractivity contribution >= 4 is 117 Å². The Morgan fingerprint density at radius 3 is 0.917 bits per heavy atom. The van der Waals surface area contributed by atoms with Crippen molar-refractivity contribution in [3.63, 3.8) is 0 Å². The summed E-state index contributed by atoms with van der Waals surface area (Å²) in [7, 11) is -4.61. The number of rotatable bonds is 0. The number of halogens is 1. The molecular formula is H15AlCaFFeMgNaO5Si. The minimum absolute atomic E-state index is 0. The molecule has 12 heavy (non-hydrogen) atoms. The zero-order chi connectivity index (χ0) is 4.50. The maximum atomic E-state index is 7.33. The molecule has 0 fully saturated rings. The average molecular weight is 312 g/mol. The van der Waals surface area contributed by atoms with Crippen LogP contribution >= 0.6 is 0 Å². The molecule has 5 nitrogen and oxygen atoms in total. The van der Waals surface area contributed by atoms with Crippen LogP contribution in [0.4, 0.5) is 4.70 Å². The van der Waals surface area contributed by atoms with E-state index in [0.717, 1.165) is 0 Å². The van der Waals surface area contributed by atoms with Crippen LogP contribution in [0.5, 0.6) is 0 Å². The van der Waals surface area contributed by atoms with Crippen LogP contribution in [-0.4, -0.2) is 141 Å². The predicted molar refractivity (Wildman–Crippen MR) is 54.9 cm³/mol. The summed E-state index contributed by atoms with van der Waals surface area (Å²) in [5.41, 5.74) is 0. The van der Waals surface area contributed by atoms with Crippen molar-refractivity contribution in [2.24, 2.45) is 0 Å². The van der Waals surface area contributed by atoms with Gasteiger partial charge in [0.15, 0.2) is 17.4 Å². The molecule has 0 aromatic rings. The monoisotopic (exact) mass is 312 g/mol. The van der Waals surface area contributed by atoms with Crippen molar-refractivity contribution in [2.75, 3.05) is 0 Å². The molecule has 0 aliphatic carbocycles. The SMILES string of the molecule is F.O.O[Si](O)(O)O.[AlH3].[CaH2].[Fe].[MgH2].[NaH]. The maximum absolute atomic E-state index is 7.33. The van der Waals surface area contributed by atoms with Gasteiger partial charge in [0.1, 0.15) is 0 Å². The summed E-state index contributed by atoms with van der Waals surface area (Å²) in [5.74, 6) is 0. The predicted octanol–water partition coefficient (Wildman–Crippen LogP) is -6.95. The van der Waals surface area contributed by atoms with Crippen LogP contribution in [0.2, 0.25) is 0 Å². The second-order valence-corrected chi connectivity index (χ2v) is 1.80. The standard InChI is InChI=1S/Al.Ca.FH.Fe.Mg.Na.H4O4Si.H2O.8H/c;;;;;;1-5(2,3)4;;;;;;;;;/h;;1H;;;;1-4H;1H2;;;;;;;;. The zero-order valence-corrected chi connectivity index (χ0v) is 5.65. The quantitative estimate of drug-likeness (QED) is 0.333. The first-order chi connectivity index (χ1) is 2.00. The first-order valence-electron chi connectivity index (χ1n) is 0.894. The van der Waals surface area contributed by atoms with E-state index >= 15 is 0 Å². The van der Waals surface area contributed by atoms with Crippen LogP contribution in [0.1, 0.15) is 0 Å². The van der Waals surface area contributed by atoms with Crippen molar-refractivity contribution in [3.8, 4) is 0 Å². The molecule has 0 amide bonds. The van der Waals surface area contributed by atoms with Gasteiger partial charge in [-0.05, 0) is 0 Å². The van der Waals surface area contributed by atoms with Crippen LogP contribution in [0, 0.1) is 0 Å². The molecule has 6 N–H and O–H groups in total. The van der Waals surface area contributed by atoms with Gasteiger partial charge >= 0.3 is 99.4 Å². The van der Waals surface area contributed by atoms with Crippen molar-refractivity contribution in [1.82, 2.24) is 0 Å². The average Bonchev–Trinajstić information content (AvgIpc) is 0.722. The van der Waals surface area contributed by atoms with Gasteiger partial charge in [-0.25, -0.2) is 0 Å². The van der Waals surface area contributed by atoms with Crippen molar-refractivity contribution < 1.29 is 46.4 Å². The summed E-state index contributed by atoms with van der Waals surface area (Å²) in [6, 6.07) is 0. The summed E-state index contributed by atoms with van der Waals surface area (Å²) in [4.78, 5) is 29.3. The third kappa shape index (κ3) is 147. The molecule has 0 aromatic heterocycles. The van der Waals surface area contributed by atoms with Gasteiger partial charge in [0.05, 0.1) is 0 Å². The summed E-state index contributed by atoms with van der Waals surface area (Å²) in [6.07, 6.45) is 0. The summed E-state index contributed by atoms with van der Waals surface area (Å²) in [5, 5.41) is 0. The van der Waals surface area contributed by atoms with Crippen LogP contribution in [0.15, 0.2) is 0 Å². The normalized spacial score (nSPS) is 5.00. The van der Waals surface area contributed by atoms with Crippen molar-refractivity contribution in [1.29, 1.82) is 0 Å². The van der Waals surface area contributed by atoms with Crippen LogP contribution in [-0.2, 0) is 17.1 Å². The van der Waals surface area contributed by atoms with Gasteiger partial charge in [0.25, 0.3) is 0 Å². The molecule has 0 radical (unpaired) electrons. The van der Waals surface area contributed by atoms with E-state index in [0.29, 0.717) is 0 Å². The van der Waals surface area contributed by atoms with Gasteiger partial charge in [0, 0.05) is 17.1 Å². The molecule has 0 saturated heterocycles. The zero-order valence-electron chi connectivity index (χ0n) is 3.55. The first-order valence-corrected chi connectivity index (χ1v) is 2.68. The number of hydrogen-bond donors (Lipinski definition) is 4. The second kappa shape index (κ2) is 29.4. The Hall–Kier alpha value is 4.02. The molecule has 0 bridgehead atoms. The van der Waals surface area contributed by atoms with E-state index in [1.54, 1.807) is 0 Å². The van der Waals surface area contributed by atoms with Crippen LogP contribution in [0.25, 0.3) is 0 Å². The topological polar surface area (TPSA) is 112 Å². The van der Waals surface area contributed by atoms with Crippen LogP contribution in [0.3, 0.4) is 0 Å². The van der Waals surface area contributed by atoms with Crippen molar-refractivity contribution in [2.45, 2.75) is 0 Å². The molecule has 12 heteroatoms. The molecule has 0 unspecified atom stereocenters. The van der Waals surface area contributed by atoms with Crippen molar-refractivity contribution in [3.05, 3.63) is 0 Å². The molecule has 0 atom stereocenters. The van der Waals surface area contributed by atoms with E-state index in [1.807, 2.05) is 0 Å². The molecule has 0 saturated carbocycles. The minimum atomic E-state index is -4.61. The Morgan fingerprint density at radius 1 is 0.917 bits per heavy atom. The third-order valence-corrected chi connectivity index (χ3v) is 0. The molecule has 0 rings (SSSR count). The van der Waals surface area contributed by atoms with Gasteiger partial charge in [-0.3, -0.25) is 4.70 Å². The Labute approximate surface area is 160 Å². The molecule has 0 spiro atoms. The molecule has 72 valence electrons. The van der Waals surface area contributed by atoms with Gasteiger partial charge < -0.3 is 24.7 Å². The Kier molecular flexibility index (Phi) is 138. The Morgan fingerprint density at radius 2 is 0.917 bits per heavy atom. The first kappa shape index (κ1) is 56.2. The van der Waals surface area contributed by atoms with E-state index in [4.69, 9.17) is 19.2 Å². The van der Waals surface area contributed by atoms with E-state index < -0.39 is 9.05 Å². The molecule has 0 aliphatic heterocycles. The number of hydrogen-bond acceptors (Lipinski definition) is 4. The van der Waals surface area contributed by atoms with E-state index in [2.05, 4.69) is 0 Å². The van der Waals surface area contributed by atoms with E-state index in [1.165, 1.54) is 0 Å². The summed E-state index contributed by atoms with van der Waals surface area (Å²) in [6.45, 7) is 0. The fourth-order valence-corrected chi connectivity index (χ4v) is 0. The summed E-state index contributed by atoms with van der Waals surface area (Å²) >= 11 is 0. The van der Waals surface area contributed by atoms with E-state index in [9.17, 15) is 0 Å². The van der Waals surface area contributed by atoms with E-state index in [-0.39, 0.29) is 135 Å².